The van der Waals surface area contributed by atoms with Crippen molar-refractivity contribution in [1.29, 1.82) is 0 Å². The maximum Gasteiger partial charge on any atom is 0.304 e. The fourth-order valence-corrected chi connectivity index (χ4v) is 1.28. The van der Waals surface area contributed by atoms with Gasteiger partial charge < -0.3 is 5.11 Å². The van der Waals surface area contributed by atoms with Gasteiger partial charge in [0.2, 0.25) is 0 Å². The van der Waals surface area contributed by atoms with E-state index in [9.17, 15) is 14.4 Å². The van der Waals surface area contributed by atoms with E-state index in [1.807, 2.05) is 0 Å². The molecule has 0 bridgehead atoms. The van der Waals surface area contributed by atoms with E-state index in [1.54, 1.807) is 12.1 Å². The zero-order chi connectivity index (χ0) is 12.1. The summed E-state index contributed by atoms with van der Waals surface area (Å²) in [6.07, 6.45) is 0.927. The molecule has 0 aliphatic rings. The third kappa shape index (κ3) is 2.98. The summed E-state index contributed by atoms with van der Waals surface area (Å²) in [5.74, 6) is -3.33. The van der Waals surface area contributed by atoms with Crippen LogP contribution in [0.25, 0.3) is 0 Å². The van der Waals surface area contributed by atoms with Crippen LogP contribution in [0.15, 0.2) is 24.4 Å². The molecule has 1 rings (SSSR count). The highest BCUT2D eigenvalue weighted by Gasteiger charge is 2.27. The Hall–Kier alpha value is -2.04. The molecule has 0 radical (unpaired) electrons. The summed E-state index contributed by atoms with van der Waals surface area (Å²) in [7, 11) is 0. The van der Waals surface area contributed by atoms with Gasteiger partial charge in [-0.3, -0.25) is 19.4 Å². The number of hydrogen-bond donors (Lipinski definition) is 1. The Morgan fingerprint density at radius 3 is 2.50 bits per heavy atom. The van der Waals surface area contributed by atoms with E-state index in [0.717, 1.165) is 0 Å². The highest BCUT2D eigenvalue weighted by Crippen LogP contribution is 2.12. The largest absolute Gasteiger partial charge is 0.481 e. The standard InChI is InChI=1S/C11H11NO4/c1-7(13)8(6-10(14)15)11(16)9-4-2-3-5-12-9/h2-5,8H,6H2,1H3,(H,14,15). The normalized spacial score (nSPS) is 11.8. The Kier molecular flexibility index (Phi) is 3.88. The van der Waals surface area contributed by atoms with Crippen molar-refractivity contribution in [1.82, 2.24) is 4.98 Å². The van der Waals surface area contributed by atoms with Crippen molar-refractivity contribution < 1.29 is 19.5 Å². The monoisotopic (exact) mass is 221 g/mol. The molecule has 1 N–H and O–H groups in total. The van der Waals surface area contributed by atoms with E-state index in [1.165, 1.54) is 19.2 Å². The molecule has 0 saturated carbocycles. The topological polar surface area (TPSA) is 84.3 Å². The number of hydrogen-bond acceptors (Lipinski definition) is 4. The van der Waals surface area contributed by atoms with Gasteiger partial charge in [0.1, 0.15) is 11.5 Å². The van der Waals surface area contributed by atoms with Crippen LogP contribution in [-0.2, 0) is 9.59 Å². The number of Topliss-reactive ketones (excluding diaryl/α,β-unsaturated/α-hetero) is 2. The van der Waals surface area contributed by atoms with Crippen LogP contribution >= 0.6 is 0 Å². The Bertz CT molecular complexity index is 413. The minimum Gasteiger partial charge on any atom is -0.481 e. The van der Waals surface area contributed by atoms with E-state index in [-0.39, 0.29) is 5.69 Å². The molecule has 0 amide bonds. The summed E-state index contributed by atoms with van der Waals surface area (Å²) in [6, 6.07) is 4.70. The van der Waals surface area contributed by atoms with Crippen molar-refractivity contribution in [3.05, 3.63) is 30.1 Å². The summed E-state index contributed by atoms with van der Waals surface area (Å²) in [5, 5.41) is 8.60. The molecule has 0 aromatic carbocycles. The van der Waals surface area contributed by atoms with Crippen molar-refractivity contribution in [2.75, 3.05) is 0 Å². The fourth-order valence-electron chi connectivity index (χ4n) is 1.28. The average molecular weight is 221 g/mol. The first kappa shape index (κ1) is 12.0. The first-order valence-corrected chi connectivity index (χ1v) is 4.70. The number of aliphatic carboxylic acids is 1. The van der Waals surface area contributed by atoms with Crippen molar-refractivity contribution in [3.63, 3.8) is 0 Å². The van der Waals surface area contributed by atoms with Crippen molar-refractivity contribution >= 4 is 17.5 Å². The Labute approximate surface area is 92.1 Å². The lowest BCUT2D eigenvalue weighted by Gasteiger charge is -2.08. The minimum atomic E-state index is -1.18. The molecule has 16 heavy (non-hydrogen) atoms. The maximum atomic E-state index is 11.8. The molecule has 5 nitrogen and oxygen atoms in total. The smallest absolute Gasteiger partial charge is 0.304 e. The molecule has 1 aromatic heterocycles. The van der Waals surface area contributed by atoms with Gasteiger partial charge in [-0.05, 0) is 19.1 Å². The Balaban J connectivity index is 2.92. The first-order valence-electron chi connectivity index (χ1n) is 4.70. The highest BCUT2D eigenvalue weighted by atomic mass is 16.4. The summed E-state index contributed by atoms with van der Waals surface area (Å²) in [4.78, 5) is 37.3. The lowest BCUT2D eigenvalue weighted by Crippen LogP contribution is -2.25. The number of pyridine rings is 1. The Morgan fingerprint density at radius 1 is 1.38 bits per heavy atom. The molecule has 0 aliphatic carbocycles. The van der Waals surface area contributed by atoms with E-state index in [0.29, 0.717) is 0 Å². The molecule has 1 atom stereocenters. The van der Waals surface area contributed by atoms with Crippen LogP contribution < -0.4 is 0 Å². The van der Waals surface area contributed by atoms with E-state index < -0.39 is 29.9 Å². The van der Waals surface area contributed by atoms with E-state index in [4.69, 9.17) is 5.11 Å². The zero-order valence-corrected chi connectivity index (χ0v) is 8.71. The van der Waals surface area contributed by atoms with Gasteiger partial charge in [-0.2, -0.15) is 0 Å². The predicted octanol–water partition coefficient (Wildman–Crippen LogP) is 0.944. The van der Waals surface area contributed by atoms with Crippen molar-refractivity contribution in [3.8, 4) is 0 Å². The molecule has 0 saturated heterocycles. The van der Waals surface area contributed by atoms with Crippen molar-refractivity contribution in [2.24, 2.45) is 5.92 Å². The lowest BCUT2D eigenvalue weighted by atomic mass is 9.94. The van der Waals surface area contributed by atoms with Gasteiger partial charge >= 0.3 is 5.97 Å². The molecule has 5 heteroatoms. The van der Waals surface area contributed by atoms with E-state index >= 15 is 0 Å². The van der Waals surface area contributed by atoms with Crippen LogP contribution in [0.3, 0.4) is 0 Å². The van der Waals surface area contributed by atoms with Crippen LogP contribution in [0.4, 0.5) is 0 Å². The maximum absolute atomic E-state index is 11.8. The third-order valence-electron chi connectivity index (χ3n) is 2.10. The first-order chi connectivity index (χ1) is 7.52. The number of rotatable bonds is 5. The number of ketones is 2. The van der Waals surface area contributed by atoms with Crippen LogP contribution in [0.5, 0.6) is 0 Å². The van der Waals surface area contributed by atoms with Crippen molar-refractivity contribution in [2.45, 2.75) is 13.3 Å². The van der Waals surface area contributed by atoms with Gasteiger partial charge in [0, 0.05) is 6.20 Å². The number of carbonyl (C=O) groups excluding carboxylic acids is 2. The lowest BCUT2D eigenvalue weighted by molar-refractivity contribution is -0.139. The van der Waals surface area contributed by atoms with Crippen LogP contribution in [0.1, 0.15) is 23.8 Å². The van der Waals surface area contributed by atoms with Gasteiger partial charge in [0.25, 0.3) is 0 Å². The molecule has 0 aliphatic heterocycles. The number of aromatic nitrogens is 1. The van der Waals surface area contributed by atoms with E-state index in [2.05, 4.69) is 4.98 Å². The summed E-state index contributed by atoms with van der Waals surface area (Å²) in [6.45, 7) is 1.20. The predicted molar refractivity (Wildman–Crippen MR) is 55.0 cm³/mol. The van der Waals surface area contributed by atoms with Crippen LogP contribution in [0.2, 0.25) is 0 Å². The third-order valence-corrected chi connectivity index (χ3v) is 2.10. The summed E-state index contributed by atoms with van der Waals surface area (Å²) >= 11 is 0. The molecule has 84 valence electrons. The molecule has 1 heterocycles. The van der Waals surface area contributed by atoms with Gasteiger partial charge in [-0.1, -0.05) is 6.07 Å². The summed E-state index contributed by atoms with van der Waals surface area (Å²) < 4.78 is 0. The number of carboxylic acid groups (broad SMARTS) is 1. The molecule has 1 aromatic rings. The van der Waals surface area contributed by atoms with Gasteiger partial charge in [-0.15, -0.1) is 0 Å². The second kappa shape index (κ2) is 5.16. The molecular formula is C11H11NO4. The van der Waals surface area contributed by atoms with Crippen LogP contribution in [-0.4, -0.2) is 27.6 Å². The molecule has 0 spiro atoms. The number of carboxylic acids is 1. The van der Waals surface area contributed by atoms with Gasteiger partial charge in [0.15, 0.2) is 5.78 Å². The quantitative estimate of drug-likeness (QED) is 0.591. The number of nitrogens with zero attached hydrogens (tertiary/aromatic N) is 1. The summed E-state index contributed by atoms with van der Waals surface area (Å²) in [5.41, 5.74) is 0.115. The fraction of sp³-hybridized carbons (Fsp3) is 0.273. The SMILES string of the molecule is CC(=O)C(CC(=O)O)C(=O)c1ccccn1. The minimum absolute atomic E-state index is 0.115. The van der Waals surface area contributed by atoms with Gasteiger partial charge in [0.05, 0.1) is 12.3 Å². The second-order valence-corrected chi connectivity index (χ2v) is 3.34. The second-order valence-electron chi connectivity index (χ2n) is 3.34. The van der Waals surface area contributed by atoms with Crippen LogP contribution in [0, 0.1) is 5.92 Å². The molecule has 1 unspecified atom stereocenters. The number of carbonyl (C=O) groups is 3. The Morgan fingerprint density at radius 2 is 2.06 bits per heavy atom. The highest BCUT2D eigenvalue weighted by molar-refractivity contribution is 6.10. The molecule has 0 fully saturated rings. The van der Waals surface area contributed by atoms with Gasteiger partial charge in [-0.25, -0.2) is 0 Å². The zero-order valence-electron chi connectivity index (χ0n) is 8.71. The molecular weight excluding hydrogens is 210 g/mol. The average Bonchev–Trinajstić information content (AvgIpc) is 2.25.